The molecule has 0 aliphatic heterocycles. The first kappa shape index (κ1) is 13.1. The molecule has 14 heavy (non-hydrogen) atoms. The summed E-state index contributed by atoms with van der Waals surface area (Å²) in [5.74, 6) is 0.0517. The Bertz CT molecular complexity index is 204. The van der Waals surface area contributed by atoms with Crippen molar-refractivity contribution < 1.29 is 9.59 Å². The van der Waals surface area contributed by atoms with Crippen molar-refractivity contribution in [3.05, 3.63) is 0 Å². The molecule has 0 aromatic rings. The largest absolute Gasteiger partial charge is 0.349 e. The molecule has 0 heterocycles. The normalized spacial score (nSPS) is 11.1. The van der Waals surface area contributed by atoms with Gasteiger partial charge in [0.25, 0.3) is 0 Å². The van der Waals surface area contributed by atoms with Gasteiger partial charge in [0, 0.05) is 12.8 Å². The van der Waals surface area contributed by atoms with Gasteiger partial charge in [0.15, 0.2) is 5.78 Å². The van der Waals surface area contributed by atoms with E-state index in [-0.39, 0.29) is 23.7 Å². The smallest absolute Gasteiger partial charge is 0.220 e. The molecule has 0 fully saturated rings. The molecular formula is C11H21NO2. The fraction of sp³-hybridized carbons (Fsp3) is 0.818. The van der Waals surface area contributed by atoms with Crippen molar-refractivity contribution in [2.75, 3.05) is 6.54 Å². The molecule has 0 spiro atoms. The number of hydrogen-bond acceptors (Lipinski definition) is 2. The number of nitrogens with one attached hydrogen (secondary N) is 1. The van der Waals surface area contributed by atoms with Gasteiger partial charge < -0.3 is 5.32 Å². The van der Waals surface area contributed by atoms with Gasteiger partial charge in [0.05, 0.1) is 6.54 Å². The summed E-state index contributed by atoms with van der Waals surface area (Å²) in [5.41, 5.74) is 0.173. The lowest BCUT2D eigenvalue weighted by atomic mass is 9.90. The predicted molar refractivity (Wildman–Crippen MR) is 57.0 cm³/mol. The number of carbonyl (C=O) groups is 2. The standard InChI is InChI=1S/C11H21NO2/c1-5-9(13)8-12-10(14)6-7-11(2,3)4/h5-8H2,1-4H3,(H,12,14). The van der Waals surface area contributed by atoms with E-state index in [0.29, 0.717) is 12.8 Å². The van der Waals surface area contributed by atoms with E-state index in [1.165, 1.54) is 0 Å². The Morgan fingerprint density at radius 2 is 1.79 bits per heavy atom. The summed E-state index contributed by atoms with van der Waals surface area (Å²) in [6.45, 7) is 8.26. The second-order valence-corrected chi connectivity index (χ2v) is 4.73. The van der Waals surface area contributed by atoms with Crippen molar-refractivity contribution in [3.8, 4) is 0 Å². The monoisotopic (exact) mass is 199 g/mol. The van der Waals surface area contributed by atoms with Gasteiger partial charge in [-0.2, -0.15) is 0 Å². The van der Waals surface area contributed by atoms with E-state index < -0.39 is 0 Å². The quantitative estimate of drug-likeness (QED) is 0.735. The SMILES string of the molecule is CCC(=O)CNC(=O)CCC(C)(C)C. The highest BCUT2D eigenvalue weighted by Crippen LogP contribution is 2.19. The summed E-state index contributed by atoms with van der Waals surface area (Å²) < 4.78 is 0. The zero-order valence-electron chi connectivity index (χ0n) is 9.64. The third kappa shape index (κ3) is 7.77. The van der Waals surface area contributed by atoms with Crippen LogP contribution in [-0.4, -0.2) is 18.2 Å². The van der Waals surface area contributed by atoms with Crippen LogP contribution in [0.4, 0.5) is 0 Å². The lowest BCUT2D eigenvalue weighted by molar-refractivity contribution is -0.125. The Kier molecular flexibility index (Phi) is 5.43. The van der Waals surface area contributed by atoms with Crippen molar-refractivity contribution in [3.63, 3.8) is 0 Å². The Hall–Kier alpha value is -0.860. The molecular weight excluding hydrogens is 178 g/mol. The molecule has 0 aliphatic carbocycles. The van der Waals surface area contributed by atoms with Gasteiger partial charge in [0.2, 0.25) is 5.91 Å². The molecule has 3 nitrogen and oxygen atoms in total. The van der Waals surface area contributed by atoms with Gasteiger partial charge in [-0.05, 0) is 11.8 Å². The number of rotatable bonds is 5. The minimum absolute atomic E-state index is 0.0262. The maximum Gasteiger partial charge on any atom is 0.220 e. The molecule has 3 heteroatoms. The lowest BCUT2D eigenvalue weighted by Crippen LogP contribution is -2.29. The van der Waals surface area contributed by atoms with E-state index in [4.69, 9.17) is 0 Å². The van der Waals surface area contributed by atoms with Gasteiger partial charge >= 0.3 is 0 Å². The highest BCUT2D eigenvalue weighted by molar-refractivity contribution is 5.85. The van der Waals surface area contributed by atoms with Gasteiger partial charge in [-0.25, -0.2) is 0 Å². The summed E-state index contributed by atoms with van der Waals surface area (Å²) in [4.78, 5) is 22.1. The van der Waals surface area contributed by atoms with E-state index in [9.17, 15) is 9.59 Å². The van der Waals surface area contributed by atoms with Crippen LogP contribution < -0.4 is 5.32 Å². The predicted octanol–water partition coefficient (Wildman–Crippen LogP) is 1.91. The van der Waals surface area contributed by atoms with Gasteiger partial charge in [0.1, 0.15) is 0 Å². The average molecular weight is 199 g/mol. The topological polar surface area (TPSA) is 46.2 Å². The van der Waals surface area contributed by atoms with Crippen LogP contribution >= 0.6 is 0 Å². The molecule has 0 saturated carbocycles. The molecule has 0 saturated heterocycles. The molecule has 0 aromatic heterocycles. The van der Waals surface area contributed by atoms with Crippen molar-refractivity contribution in [1.82, 2.24) is 5.32 Å². The fourth-order valence-electron chi connectivity index (χ4n) is 0.899. The lowest BCUT2D eigenvalue weighted by Gasteiger charge is -2.17. The van der Waals surface area contributed by atoms with Crippen molar-refractivity contribution >= 4 is 11.7 Å². The third-order valence-corrected chi connectivity index (χ3v) is 1.98. The average Bonchev–Trinajstić information content (AvgIpc) is 2.09. The second kappa shape index (κ2) is 5.78. The molecule has 0 bridgehead atoms. The van der Waals surface area contributed by atoms with Crippen LogP contribution in [0, 0.1) is 5.41 Å². The molecule has 0 radical (unpaired) electrons. The first-order chi connectivity index (χ1) is 6.35. The van der Waals surface area contributed by atoms with Crippen LogP contribution in [0.5, 0.6) is 0 Å². The minimum Gasteiger partial charge on any atom is -0.349 e. The van der Waals surface area contributed by atoms with E-state index in [2.05, 4.69) is 26.1 Å². The molecule has 0 rings (SSSR count). The number of amides is 1. The van der Waals surface area contributed by atoms with Crippen LogP contribution in [-0.2, 0) is 9.59 Å². The molecule has 1 N–H and O–H groups in total. The summed E-state index contributed by atoms with van der Waals surface area (Å²) in [6.07, 6.45) is 1.83. The van der Waals surface area contributed by atoms with E-state index >= 15 is 0 Å². The second-order valence-electron chi connectivity index (χ2n) is 4.73. The fourth-order valence-corrected chi connectivity index (χ4v) is 0.899. The summed E-state index contributed by atoms with van der Waals surface area (Å²) in [7, 11) is 0. The van der Waals surface area contributed by atoms with E-state index in [0.717, 1.165) is 6.42 Å². The molecule has 1 amide bonds. The molecule has 0 atom stereocenters. The molecule has 0 unspecified atom stereocenters. The summed E-state index contributed by atoms with van der Waals surface area (Å²) in [6, 6.07) is 0. The molecule has 0 aromatic carbocycles. The molecule has 0 aliphatic rings. The zero-order chi connectivity index (χ0) is 11.2. The van der Waals surface area contributed by atoms with Crippen LogP contribution in [0.15, 0.2) is 0 Å². The van der Waals surface area contributed by atoms with Gasteiger partial charge in [-0.15, -0.1) is 0 Å². The highest BCUT2D eigenvalue weighted by Gasteiger charge is 2.12. The van der Waals surface area contributed by atoms with E-state index in [1.807, 2.05) is 0 Å². The van der Waals surface area contributed by atoms with Gasteiger partial charge in [-0.3, -0.25) is 9.59 Å². The summed E-state index contributed by atoms with van der Waals surface area (Å²) in [5, 5.41) is 2.62. The number of ketones is 1. The van der Waals surface area contributed by atoms with Crippen LogP contribution in [0.3, 0.4) is 0 Å². The maximum absolute atomic E-state index is 11.2. The first-order valence-electron chi connectivity index (χ1n) is 5.13. The Morgan fingerprint density at radius 3 is 2.21 bits per heavy atom. The summed E-state index contributed by atoms with van der Waals surface area (Å²) >= 11 is 0. The van der Waals surface area contributed by atoms with Crippen molar-refractivity contribution in [2.45, 2.75) is 47.0 Å². The van der Waals surface area contributed by atoms with Crippen LogP contribution in [0.25, 0.3) is 0 Å². The Balaban J connectivity index is 3.62. The zero-order valence-corrected chi connectivity index (χ0v) is 9.64. The first-order valence-corrected chi connectivity index (χ1v) is 5.13. The Labute approximate surface area is 86.3 Å². The van der Waals surface area contributed by atoms with Crippen molar-refractivity contribution in [1.29, 1.82) is 0 Å². The Morgan fingerprint density at radius 1 is 1.21 bits per heavy atom. The van der Waals surface area contributed by atoms with Crippen molar-refractivity contribution in [2.24, 2.45) is 5.41 Å². The van der Waals surface area contributed by atoms with E-state index in [1.54, 1.807) is 6.92 Å². The van der Waals surface area contributed by atoms with Crippen LogP contribution in [0.2, 0.25) is 0 Å². The number of carbonyl (C=O) groups excluding carboxylic acids is 2. The van der Waals surface area contributed by atoms with Gasteiger partial charge in [-0.1, -0.05) is 27.7 Å². The number of hydrogen-bond donors (Lipinski definition) is 1. The number of Topliss-reactive ketones (excluding diaryl/α,β-unsaturated/α-hetero) is 1. The molecule has 82 valence electrons. The third-order valence-electron chi connectivity index (χ3n) is 1.98. The highest BCUT2D eigenvalue weighted by atomic mass is 16.2. The van der Waals surface area contributed by atoms with Crippen LogP contribution in [0.1, 0.15) is 47.0 Å². The maximum atomic E-state index is 11.2. The minimum atomic E-state index is -0.0262.